The predicted molar refractivity (Wildman–Crippen MR) is 120 cm³/mol. The van der Waals surface area contributed by atoms with Gasteiger partial charge in [-0.2, -0.15) is 0 Å². The van der Waals surface area contributed by atoms with Gasteiger partial charge in [0.1, 0.15) is 0 Å². The van der Waals surface area contributed by atoms with Gasteiger partial charge in [-0.3, -0.25) is 9.20 Å². The highest BCUT2D eigenvalue weighted by Gasteiger charge is 2.14. The van der Waals surface area contributed by atoms with Crippen molar-refractivity contribution in [3.8, 4) is 0 Å². The van der Waals surface area contributed by atoms with Gasteiger partial charge in [0.05, 0.1) is 5.52 Å². The van der Waals surface area contributed by atoms with Crippen LogP contribution in [0.4, 0.5) is 5.69 Å². The van der Waals surface area contributed by atoms with Crippen molar-refractivity contribution in [2.45, 2.75) is 39.3 Å². The number of benzene rings is 2. The maximum Gasteiger partial charge on any atom is 0.225 e. The molecule has 6 heteroatoms. The third kappa shape index (κ3) is 3.72. The number of carbonyl (C=O) groups is 1. The smallest absolute Gasteiger partial charge is 0.225 e. The van der Waals surface area contributed by atoms with Gasteiger partial charge in [-0.15, -0.1) is 10.2 Å². The Bertz CT molecular complexity index is 1210. The molecule has 1 amide bonds. The SMILES string of the molecule is Cc1cccc(C)c1NC(=O)CCSc1nnc2cc(C)c3cccc(C)c3n12. The first-order valence-electron chi connectivity index (χ1n) is 9.68. The Labute approximate surface area is 174 Å². The monoisotopic (exact) mass is 404 g/mol. The minimum atomic E-state index is 0.0144. The first kappa shape index (κ1) is 19.5. The van der Waals surface area contributed by atoms with Crippen LogP contribution in [0.5, 0.6) is 0 Å². The van der Waals surface area contributed by atoms with Crippen molar-refractivity contribution in [2.24, 2.45) is 0 Å². The highest BCUT2D eigenvalue weighted by atomic mass is 32.2. The number of nitrogens with one attached hydrogen (secondary N) is 1. The van der Waals surface area contributed by atoms with E-state index in [-0.39, 0.29) is 5.91 Å². The summed E-state index contributed by atoms with van der Waals surface area (Å²) in [6.07, 6.45) is 0.413. The standard InChI is InChI=1S/C23H24N4OS/c1-14-7-5-8-15(2)21(14)24-20(28)11-12-29-23-26-25-19-13-17(4)18-10-6-9-16(3)22(18)27(19)23/h5-10,13H,11-12H2,1-4H3,(H,24,28). The molecule has 0 spiro atoms. The third-order valence-electron chi connectivity index (χ3n) is 5.20. The molecule has 0 aliphatic carbocycles. The van der Waals surface area contributed by atoms with Crippen molar-refractivity contribution in [1.82, 2.24) is 14.6 Å². The van der Waals surface area contributed by atoms with Gasteiger partial charge in [0.15, 0.2) is 10.8 Å². The lowest BCUT2D eigenvalue weighted by atomic mass is 10.1. The zero-order valence-electron chi connectivity index (χ0n) is 17.1. The molecule has 2 aromatic carbocycles. The Balaban J connectivity index is 1.53. The second-order valence-corrected chi connectivity index (χ2v) is 8.45. The van der Waals surface area contributed by atoms with E-state index >= 15 is 0 Å². The number of amides is 1. The number of anilines is 1. The molecule has 0 saturated heterocycles. The minimum absolute atomic E-state index is 0.0144. The predicted octanol–water partition coefficient (Wildman–Crippen LogP) is 5.24. The number of rotatable bonds is 5. The number of thioether (sulfide) groups is 1. The maximum absolute atomic E-state index is 12.5. The average molecular weight is 405 g/mol. The van der Waals surface area contributed by atoms with E-state index in [1.54, 1.807) is 11.8 Å². The average Bonchev–Trinajstić information content (AvgIpc) is 3.08. The lowest BCUT2D eigenvalue weighted by Crippen LogP contribution is -2.14. The summed E-state index contributed by atoms with van der Waals surface area (Å²) in [4.78, 5) is 12.5. The van der Waals surface area contributed by atoms with E-state index in [0.29, 0.717) is 12.2 Å². The fourth-order valence-electron chi connectivity index (χ4n) is 3.67. The fraction of sp³-hybridized carbons (Fsp3) is 0.261. The van der Waals surface area contributed by atoms with Crippen molar-refractivity contribution in [1.29, 1.82) is 0 Å². The molecule has 5 nitrogen and oxygen atoms in total. The highest BCUT2D eigenvalue weighted by Crippen LogP contribution is 2.28. The highest BCUT2D eigenvalue weighted by molar-refractivity contribution is 7.99. The molecule has 0 unspecified atom stereocenters. The Morgan fingerprint density at radius 1 is 0.966 bits per heavy atom. The summed E-state index contributed by atoms with van der Waals surface area (Å²) in [6.45, 7) is 8.22. The third-order valence-corrected chi connectivity index (χ3v) is 6.13. The Morgan fingerprint density at radius 2 is 1.66 bits per heavy atom. The van der Waals surface area contributed by atoms with Crippen LogP contribution in [0.3, 0.4) is 0 Å². The molecule has 0 radical (unpaired) electrons. The van der Waals surface area contributed by atoms with Crippen molar-refractivity contribution in [3.05, 3.63) is 64.7 Å². The van der Waals surface area contributed by atoms with Crippen LogP contribution in [0.2, 0.25) is 0 Å². The summed E-state index contributed by atoms with van der Waals surface area (Å²) in [5, 5.41) is 13.8. The molecule has 1 N–H and O–H groups in total. The number of aryl methyl sites for hydroxylation is 4. The van der Waals surface area contributed by atoms with Crippen LogP contribution in [0.15, 0.2) is 47.6 Å². The Hall–Kier alpha value is -2.86. The molecule has 0 atom stereocenters. The van der Waals surface area contributed by atoms with Crippen molar-refractivity contribution in [2.75, 3.05) is 11.1 Å². The lowest BCUT2D eigenvalue weighted by molar-refractivity contribution is -0.115. The molecule has 148 valence electrons. The fourth-order valence-corrected chi connectivity index (χ4v) is 4.55. The molecular formula is C23H24N4OS. The van der Waals surface area contributed by atoms with Crippen LogP contribution in [0, 0.1) is 27.7 Å². The first-order valence-corrected chi connectivity index (χ1v) is 10.7. The van der Waals surface area contributed by atoms with Gasteiger partial charge in [0.25, 0.3) is 0 Å². The second kappa shape index (κ2) is 7.87. The number of pyridine rings is 1. The molecule has 0 fully saturated rings. The number of para-hydroxylation sites is 2. The topological polar surface area (TPSA) is 59.3 Å². The number of aromatic nitrogens is 3. The van der Waals surface area contributed by atoms with E-state index in [0.717, 1.165) is 33.1 Å². The quantitative estimate of drug-likeness (QED) is 0.462. The summed E-state index contributed by atoms with van der Waals surface area (Å²) in [5.41, 5.74) is 7.41. The molecular weight excluding hydrogens is 380 g/mol. The number of nitrogens with zero attached hydrogens (tertiary/aromatic N) is 3. The number of carbonyl (C=O) groups excluding carboxylic acids is 1. The van der Waals surface area contributed by atoms with Crippen LogP contribution < -0.4 is 5.32 Å². The van der Waals surface area contributed by atoms with Crippen LogP contribution in [-0.4, -0.2) is 26.3 Å². The molecule has 4 aromatic rings. The minimum Gasteiger partial charge on any atom is -0.326 e. The van der Waals surface area contributed by atoms with Gasteiger partial charge in [0, 0.05) is 23.2 Å². The van der Waals surface area contributed by atoms with Gasteiger partial charge in [-0.25, -0.2) is 0 Å². The summed E-state index contributed by atoms with van der Waals surface area (Å²) >= 11 is 1.56. The lowest BCUT2D eigenvalue weighted by Gasteiger charge is -2.11. The largest absolute Gasteiger partial charge is 0.326 e. The second-order valence-electron chi connectivity index (χ2n) is 7.39. The molecule has 4 rings (SSSR count). The Kier molecular flexibility index (Phi) is 5.28. The number of hydrogen-bond acceptors (Lipinski definition) is 4. The van der Waals surface area contributed by atoms with E-state index < -0.39 is 0 Å². The van der Waals surface area contributed by atoms with Crippen LogP contribution in [0.25, 0.3) is 16.6 Å². The molecule has 0 saturated carbocycles. The van der Waals surface area contributed by atoms with Crippen LogP contribution in [-0.2, 0) is 4.79 Å². The van der Waals surface area contributed by atoms with Crippen LogP contribution >= 0.6 is 11.8 Å². The van der Waals surface area contributed by atoms with E-state index in [9.17, 15) is 4.79 Å². The molecule has 0 aliphatic heterocycles. The molecule has 0 bridgehead atoms. The maximum atomic E-state index is 12.5. The van der Waals surface area contributed by atoms with Gasteiger partial charge < -0.3 is 5.32 Å². The van der Waals surface area contributed by atoms with Gasteiger partial charge in [-0.05, 0) is 56.0 Å². The van der Waals surface area contributed by atoms with Gasteiger partial charge in [0.2, 0.25) is 5.91 Å². The zero-order chi connectivity index (χ0) is 20.5. The van der Waals surface area contributed by atoms with Gasteiger partial charge >= 0.3 is 0 Å². The van der Waals surface area contributed by atoms with E-state index in [2.05, 4.69) is 58.0 Å². The molecule has 29 heavy (non-hydrogen) atoms. The first-order chi connectivity index (χ1) is 14.0. The van der Waals surface area contributed by atoms with Gasteiger partial charge in [-0.1, -0.05) is 48.2 Å². The number of fused-ring (bicyclic) bond motifs is 3. The van der Waals surface area contributed by atoms with E-state index in [4.69, 9.17) is 0 Å². The van der Waals surface area contributed by atoms with Crippen molar-refractivity contribution >= 4 is 39.9 Å². The van der Waals surface area contributed by atoms with Crippen molar-refractivity contribution < 1.29 is 4.79 Å². The summed E-state index contributed by atoms with van der Waals surface area (Å²) in [5.74, 6) is 0.652. The van der Waals surface area contributed by atoms with E-state index in [1.807, 2.05) is 32.0 Å². The molecule has 0 aliphatic rings. The normalized spacial score (nSPS) is 11.3. The number of hydrogen-bond donors (Lipinski definition) is 1. The van der Waals surface area contributed by atoms with Crippen molar-refractivity contribution in [3.63, 3.8) is 0 Å². The van der Waals surface area contributed by atoms with Crippen LogP contribution in [0.1, 0.15) is 28.7 Å². The molecule has 2 heterocycles. The zero-order valence-corrected chi connectivity index (χ0v) is 17.9. The molecule has 2 aromatic heterocycles. The van der Waals surface area contributed by atoms with E-state index in [1.165, 1.54) is 16.5 Å². The summed E-state index contributed by atoms with van der Waals surface area (Å²) in [6, 6.07) is 14.4. The summed E-state index contributed by atoms with van der Waals surface area (Å²) < 4.78 is 2.10. The Morgan fingerprint density at radius 3 is 2.41 bits per heavy atom. The summed E-state index contributed by atoms with van der Waals surface area (Å²) in [7, 11) is 0.